The summed E-state index contributed by atoms with van der Waals surface area (Å²) in [7, 11) is 0. The number of rotatable bonds is 3. The fraction of sp³-hybridized carbons (Fsp3) is 0.857. The highest BCUT2D eigenvalue weighted by molar-refractivity contribution is 5.74. The molecular weight excluding hydrogens is 160 g/mol. The molecule has 70 valence electrons. The Morgan fingerprint density at radius 1 is 1.67 bits per heavy atom. The van der Waals surface area contributed by atoms with Crippen LogP contribution < -0.4 is 10.6 Å². The number of aliphatic hydroxyl groups is 1. The Kier molecular flexibility index (Phi) is 3.83. The third kappa shape index (κ3) is 3.06. The molecule has 5 nitrogen and oxygen atoms in total. The zero-order chi connectivity index (χ0) is 8.81. The number of amides is 2. The van der Waals surface area contributed by atoms with E-state index in [0.29, 0.717) is 19.8 Å². The van der Waals surface area contributed by atoms with Crippen molar-refractivity contribution in [2.75, 3.05) is 26.4 Å². The van der Waals surface area contributed by atoms with E-state index in [9.17, 15) is 4.79 Å². The molecule has 1 rings (SSSR count). The first-order valence-corrected chi connectivity index (χ1v) is 4.06. The van der Waals surface area contributed by atoms with Gasteiger partial charge >= 0.3 is 6.03 Å². The predicted molar refractivity (Wildman–Crippen MR) is 42.8 cm³/mol. The van der Waals surface area contributed by atoms with Crippen LogP contribution >= 0.6 is 0 Å². The molecule has 0 aliphatic carbocycles. The number of urea groups is 1. The second-order valence-electron chi connectivity index (χ2n) is 2.68. The van der Waals surface area contributed by atoms with E-state index in [1.54, 1.807) is 0 Å². The molecule has 0 radical (unpaired) electrons. The summed E-state index contributed by atoms with van der Waals surface area (Å²) in [5, 5.41) is 13.6. The Morgan fingerprint density at radius 3 is 3.08 bits per heavy atom. The number of nitrogens with one attached hydrogen (secondary N) is 2. The van der Waals surface area contributed by atoms with Crippen LogP contribution in [0.25, 0.3) is 0 Å². The summed E-state index contributed by atoms with van der Waals surface area (Å²) in [5.74, 6) is 0. The molecule has 1 aliphatic heterocycles. The minimum Gasteiger partial charge on any atom is -0.395 e. The van der Waals surface area contributed by atoms with Crippen molar-refractivity contribution in [3.63, 3.8) is 0 Å². The third-order valence-electron chi connectivity index (χ3n) is 1.66. The molecule has 12 heavy (non-hydrogen) atoms. The molecule has 0 aromatic carbocycles. The Morgan fingerprint density at radius 2 is 2.50 bits per heavy atom. The van der Waals surface area contributed by atoms with Crippen LogP contribution in [0.4, 0.5) is 4.79 Å². The molecule has 1 atom stereocenters. The van der Waals surface area contributed by atoms with E-state index in [0.717, 1.165) is 6.42 Å². The first-order valence-electron chi connectivity index (χ1n) is 4.06. The van der Waals surface area contributed by atoms with Crippen LogP contribution in [0.2, 0.25) is 0 Å². The maximum absolute atomic E-state index is 11.0. The molecule has 2 amide bonds. The summed E-state index contributed by atoms with van der Waals surface area (Å²) in [6.07, 6.45) is 0.868. The molecule has 0 spiro atoms. The van der Waals surface area contributed by atoms with Crippen molar-refractivity contribution < 1.29 is 14.6 Å². The van der Waals surface area contributed by atoms with Gasteiger partial charge in [0.15, 0.2) is 0 Å². The summed E-state index contributed by atoms with van der Waals surface area (Å²) < 4.78 is 5.07. The number of aliphatic hydroxyl groups excluding tert-OH is 1. The number of carbonyl (C=O) groups excluding carboxylic acids is 1. The summed E-state index contributed by atoms with van der Waals surface area (Å²) in [6, 6.07) is -0.108. The summed E-state index contributed by atoms with van der Waals surface area (Å²) in [5.41, 5.74) is 0. The second-order valence-corrected chi connectivity index (χ2v) is 2.68. The molecular formula is C7H14N2O3. The minimum absolute atomic E-state index is 0.0331. The summed E-state index contributed by atoms with van der Waals surface area (Å²) >= 11 is 0. The summed E-state index contributed by atoms with van der Waals surface area (Å²) in [6.45, 7) is 1.56. The molecule has 5 heteroatoms. The molecule has 0 aromatic heterocycles. The molecule has 0 bridgehead atoms. The van der Waals surface area contributed by atoms with Gasteiger partial charge in [-0.3, -0.25) is 0 Å². The van der Waals surface area contributed by atoms with Crippen LogP contribution in [0.3, 0.4) is 0 Å². The first-order chi connectivity index (χ1) is 5.83. The lowest BCUT2D eigenvalue weighted by Gasteiger charge is -2.10. The Labute approximate surface area is 71.1 Å². The minimum atomic E-state index is -0.237. The number of ether oxygens (including phenoxy) is 1. The quantitative estimate of drug-likeness (QED) is 0.517. The third-order valence-corrected chi connectivity index (χ3v) is 1.66. The maximum Gasteiger partial charge on any atom is 0.315 e. The molecule has 1 fully saturated rings. The smallest absolute Gasteiger partial charge is 0.315 e. The van der Waals surface area contributed by atoms with Crippen LogP contribution in [0.1, 0.15) is 6.42 Å². The molecule has 0 aromatic rings. The van der Waals surface area contributed by atoms with Crippen LogP contribution in [-0.2, 0) is 4.74 Å². The van der Waals surface area contributed by atoms with Gasteiger partial charge in [0, 0.05) is 13.2 Å². The van der Waals surface area contributed by atoms with Crippen molar-refractivity contribution in [3.8, 4) is 0 Å². The average molecular weight is 174 g/mol. The zero-order valence-electron chi connectivity index (χ0n) is 6.88. The van der Waals surface area contributed by atoms with Crippen molar-refractivity contribution in [1.29, 1.82) is 0 Å². The standard InChI is InChI=1S/C7H14N2O3/c10-3-2-8-7(11)9-6-1-4-12-5-6/h6,10H,1-5H2,(H2,8,9,11). The van der Waals surface area contributed by atoms with E-state index in [4.69, 9.17) is 9.84 Å². The highest BCUT2D eigenvalue weighted by atomic mass is 16.5. The monoisotopic (exact) mass is 174 g/mol. The largest absolute Gasteiger partial charge is 0.395 e. The topological polar surface area (TPSA) is 70.6 Å². The van der Waals surface area contributed by atoms with E-state index < -0.39 is 0 Å². The van der Waals surface area contributed by atoms with Gasteiger partial charge in [-0.1, -0.05) is 0 Å². The highest BCUT2D eigenvalue weighted by Crippen LogP contribution is 2.02. The van der Waals surface area contributed by atoms with E-state index >= 15 is 0 Å². The van der Waals surface area contributed by atoms with Gasteiger partial charge in [0.25, 0.3) is 0 Å². The maximum atomic E-state index is 11.0. The second kappa shape index (κ2) is 4.95. The fourth-order valence-electron chi connectivity index (χ4n) is 1.05. The van der Waals surface area contributed by atoms with E-state index in [1.165, 1.54) is 0 Å². The van der Waals surface area contributed by atoms with E-state index in [2.05, 4.69) is 10.6 Å². The number of hydrogen-bond donors (Lipinski definition) is 3. The van der Waals surface area contributed by atoms with Gasteiger partial charge in [0.05, 0.1) is 19.3 Å². The lowest BCUT2D eigenvalue weighted by Crippen LogP contribution is -2.43. The van der Waals surface area contributed by atoms with Crippen LogP contribution in [0, 0.1) is 0 Å². The van der Waals surface area contributed by atoms with Gasteiger partial charge in [-0.25, -0.2) is 4.79 Å². The zero-order valence-corrected chi connectivity index (χ0v) is 6.88. The molecule has 1 aliphatic rings. The van der Waals surface area contributed by atoms with Crippen molar-refractivity contribution in [3.05, 3.63) is 0 Å². The Bertz CT molecular complexity index is 146. The molecule has 3 N–H and O–H groups in total. The Balaban J connectivity index is 2.08. The fourth-order valence-corrected chi connectivity index (χ4v) is 1.05. The molecule has 1 heterocycles. The lowest BCUT2D eigenvalue weighted by atomic mass is 10.3. The van der Waals surface area contributed by atoms with Gasteiger partial charge in [0.2, 0.25) is 0 Å². The first kappa shape index (κ1) is 9.28. The highest BCUT2D eigenvalue weighted by Gasteiger charge is 2.16. The normalized spacial score (nSPS) is 22.2. The van der Waals surface area contributed by atoms with Crippen molar-refractivity contribution >= 4 is 6.03 Å². The number of hydrogen-bond acceptors (Lipinski definition) is 3. The molecule has 1 unspecified atom stereocenters. The van der Waals surface area contributed by atoms with Gasteiger partial charge in [-0.2, -0.15) is 0 Å². The number of carbonyl (C=O) groups is 1. The van der Waals surface area contributed by atoms with Crippen LogP contribution in [0.15, 0.2) is 0 Å². The SMILES string of the molecule is O=C(NCCO)NC1CCOC1. The molecule has 0 saturated carbocycles. The van der Waals surface area contributed by atoms with Gasteiger partial charge in [-0.15, -0.1) is 0 Å². The van der Waals surface area contributed by atoms with Crippen molar-refractivity contribution in [2.45, 2.75) is 12.5 Å². The van der Waals surface area contributed by atoms with E-state index in [-0.39, 0.29) is 18.7 Å². The van der Waals surface area contributed by atoms with Crippen molar-refractivity contribution in [2.24, 2.45) is 0 Å². The van der Waals surface area contributed by atoms with Gasteiger partial charge < -0.3 is 20.5 Å². The van der Waals surface area contributed by atoms with E-state index in [1.807, 2.05) is 0 Å². The van der Waals surface area contributed by atoms with Crippen molar-refractivity contribution in [1.82, 2.24) is 10.6 Å². The van der Waals surface area contributed by atoms with Crippen LogP contribution in [-0.4, -0.2) is 43.5 Å². The van der Waals surface area contributed by atoms with Gasteiger partial charge in [-0.05, 0) is 6.42 Å². The Hall–Kier alpha value is -0.810. The van der Waals surface area contributed by atoms with Gasteiger partial charge in [0.1, 0.15) is 0 Å². The summed E-state index contributed by atoms with van der Waals surface area (Å²) in [4.78, 5) is 11.0. The lowest BCUT2D eigenvalue weighted by molar-refractivity contribution is 0.188. The molecule has 1 saturated heterocycles. The predicted octanol–water partition coefficient (Wildman–Crippen LogP) is -0.933. The van der Waals surface area contributed by atoms with Crippen LogP contribution in [0.5, 0.6) is 0 Å². The average Bonchev–Trinajstić information content (AvgIpc) is 2.53.